The minimum absolute atomic E-state index is 0.0746. The largest absolute Gasteiger partial charge is 0.489 e. The van der Waals surface area contributed by atoms with Gasteiger partial charge in [0.1, 0.15) is 24.7 Å². The zero-order valence-electron chi connectivity index (χ0n) is 16.3. The van der Waals surface area contributed by atoms with Crippen LogP contribution in [0.15, 0.2) is 91.5 Å². The Labute approximate surface area is 194 Å². The highest BCUT2D eigenvalue weighted by molar-refractivity contribution is 9.12. The van der Waals surface area contributed by atoms with Gasteiger partial charge in [-0.3, -0.25) is 4.79 Å². The molecule has 0 N–H and O–H groups in total. The molecular weight excluding hydrogens is 508 g/mol. The van der Waals surface area contributed by atoms with Gasteiger partial charge in [0.05, 0.1) is 15.2 Å². The van der Waals surface area contributed by atoms with Crippen molar-refractivity contribution < 1.29 is 14.3 Å². The minimum Gasteiger partial charge on any atom is -0.489 e. The number of rotatable bonds is 10. The first-order valence-electron chi connectivity index (χ1n) is 9.52. The maximum absolute atomic E-state index is 13.2. The Bertz CT molecular complexity index is 974. The molecule has 0 radical (unpaired) electrons. The summed E-state index contributed by atoms with van der Waals surface area (Å²) in [6.45, 7) is 4.43. The van der Waals surface area contributed by atoms with Crippen LogP contribution in [-0.4, -0.2) is 17.2 Å². The quantitative estimate of drug-likeness (QED) is 0.162. The van der Waals surface area contributed by atoms with Gasteiger partial charge in [0.15, 0.2) is 5.78 Å². The van der Waals surface area contributed by atoms with Crippen LogP contribution in [0.1, 0.15) is 26.3 Å². The molecule has 3 aromatic carbocycles. The van der Waals surface area contributed by atoms with Crippen molar-refractivity contribution in [3.8, 4) is 11.5 Å². The molecule has 0 bridgehead atoms. The van der Waals surface area contributed by atoms with Gasteiger partial charge in [0, 0.05) is 6.07 Å². The van der Waals surface area contributed by atoms with E-state index in [2.05, 4.69) is 38.4 Å². The van der Waals surface area contributed by atoms with E-state index in [0.717, 1.165) is 11.1 Å². The second-order valence-corrected chi connectivity index (χ2v) is 8.58. The minimum atomic E-state index is -0.456. The average molecular weight is 530 g/mol. The van der Waals surface area contributed by atoms with Crippen LogP contribution in [0.25, 0.3) is 0 Å². The third-order valence-corrected chi connectivity index (χ3v) is 7.16. The van der Waals surface area contributed by atoms with Crippen LogP contribution >= 0.6 is 31.9 Å². The summed E-state index contributed by atoms with van der Waals surface area (Å²) in [5, 5.41) is 0. The van der Waals surface area contributed by atoms with E-state index in [1.807, 2.05) is 60.7 Å². The van der Waals surface area contributed by atoms with Crippen LogP contribution in [0.5, 0.6) is 11.5 Å². The van der Waals surface area contributed by atoms with Crippen molar-refractivity contribution in [2.24, 2.45) is 0 Å². The third-order valence-electron chi connectivity index (χ3n) is 4.45. The van der Waals surface area contributed by atoms with Gasteiger partial charge < -0.3 is 9.47 Å². The summed E-state index contributed by atoms with van der Waals surface area (Å²) in [5.74, 6) is 1.04. The average Bonchev–Trinajstić information content (AvgIpc) is 2.81. The van der Waals surface area contributed by atoms with Gasteiger partial charge in [-0.2, -0.15) is 0 Å². The van der Waals surface area contributed by atoms with Crippen molar-refractivity contribution >= 4 is 37.6 Å². The first-order chi connectivity index (χ1) is 14.6. The highest BCUT2D eigenvalue weighted by atomic mass is 79.9. The number of Topliss-reactive ketones (excluding diaryl/α,β-unsaturated/α-hetero) is 1. The van der Waals surface area contributed by atoms with Crippen molar-refractivity contribution in [2.75, 3.05) is 6.61 Å². The molecule has 154 valence electrons. The zero-order chi connectivity index (χ0) is 21.3. The topological polar surface area (TPSA) is 35.5 Å². The molecule has 0 aliphatic carbocycles. The highest BCUT2D eigenvalue weighted by Crippen LogP contribution is 2.36. The lowest BCUT2D eigenvalue weighted by molar-refractivity contribution is 0.0987. The van der Waals surface area contributed by atoms with Crippen LogP contribution in [-0.2, 0) is 6.61 Å². The summed E-state index contributed by atoms with van der Waals surface area (Å²) in [6, 6.07) is 25.0. The molecule has 0 aromatic heterocycles. The molecule has 0 aliphatic rings. The Morgan fingerprint density at radius 1 is 0.933 bits per heavy atom. The molecule has 5 heteroatoms. The van der Waals surface area contributed by atoms with E-state index in [-0.39, 0.29) is 10.6 Å². The van der Waals surface area contributed by atoms with Gasteiger partial charge in [-0.05, 0) is 23.3 Å². The smallest absolute Gasteiger partial charge is 0.181 e. The molecule has 2 unspecified atom stereocenters. The molecule has 0 saturated heterocycles. The number of carbonyl (C=O) groups is 1. The van der Waals surface area contributed by atoms with E-state index in [4.69, 9.17) is 9.47 Å². The number of ketones is 1. The monoisotopic (exact) mass is 528 g/mol. The molecule has 0 fully saturated rings. The first kappa shape index (κ1) is 22.3. The van der Waals surface area contributed by atoms with Crippen molar-refractivity contribution in [1.82, 2.24) is 0 Å². The van der Waals surface area contributed by atoms with Crippen molar-refractivity contribution in [1.29, 1.82) is 0 Å². The summed E-state index contributed by atoms with van der Waals surface area (Å²) < 4.78 is 11.7. The molecule has 0 amide bonds. The molecule has 3 nitrogen and oxygen atoms in total. The predicted octanol–water partition coefficient (Wildman–Crippen LogP) is 6.91. The van der Waals surface area contributed by atoms with Gasteiger partial charge >= 0.3 is 0 Å². The van der Waals surface area contributed by atoms with E-state index in [0.29, 0.717) is 30.3 Å². The third kappa shape index (κ3) is 5.83. The van der Waals surface area contributed by atoms with E-state index in [9.17, 15) is 4.79 Å². The number of benzene rings is 3. The lowest BCUT2D eigenvalue weighted by Crippen LogP contribution is -2.20. The zero-order valence-corrected chi connectivity index (χ0v) is 19.5. The van der Waals surface area contributed by atoms with Crippen LogP contribution in [0.2, 0.25) is 0 Å². The summed E-state index contributed by atoms with van der Waals surface area (Å²) >= 11 is 7.20. The lowest BCUT2D eigenvalue weighted by atomic mass is 10.0. The van der Waals surface area contributed by atoms with E-state index < -0.39 is 4.83 Å². The number of carbonyl (C=O) groups excluding carboxylic acids is 1. The molecule has 0 heterocycles. The normalized spacial score (nSPS) is 12.6. The van der Waals surface area contributed by atoms with Crippen molar-refractivity contribution in [3.63, 3.8) is 0 Å². The molecular formula is C25H22Br2O3. The van der Waals surface area contributed by atoms with E-state index >= 15 is 0 Å². The van der Waals surface area contributed by atoms with Crippen molar-refractivity contribution in [2.45, 2.75) is 16.3 Å². The van der Waals surface area contributed by atoms with Gasteiger partial charge in [0.2, 0.25) is 0 Å². The Kier molecular flexibility index (Phi) is 8.29. The van der Waals surface area contributed by atoms with Gasteiger partial charge in [-0.15, -0.1) is 0 Å². The second kappa shape index (κ2) is 11.1. The number of ether oxygens (including phenoxy) is 2. The molecule has 30 heavy (non-hydrogen) atoms. The van der Waals surface area contributed by atoms with Gasteiger partial charge in [-0.25, -0.2) is 0 Å². The summed E-state index contributed by atoms with van der Waals surface area (Å²) in [6.07, 6.45) is 1.65. The molecule has 0 saturated carbocycles. The van der Waals surface area contributed by atoms with Crippen molar-refractivity contribution in [3.05, 3.63) is 108 Å². The van der Waals surface area contributed by atoms with Crippen LogP contribution < -0.4 is 9.47 Å². The SMILES string of the molecule is C=CCOc1cc(OCc2ccccc2)ccc1C(=O)C(Br)C(Br)c1ccccc1. The maximum Gasteiger partial charge on any atom is 0.181 e. The fraction of sp³-hybridized carbons (Fsp3) is 0.160. The highest BCUT2D eigenvalue weighted by Gasteiger charge is 2.28. The van der Waals surface area contributed by atoms with Crippen LogP contribution in [0.3, 0.4) is 0 Å². The van der Waals surface area contributed by atoms with Crippen LogP contribution in [0, 0.1) is 0 Å². The molecule has 3 rings (SSSR count). The Hall–Kier alpha value is -2.37. The number of hydrogen-bond donors (Lipinski definition) is 0. The summed E-state index contributed by atoms with van der Waals surface area (Å²) in [7, 11) is 0. The lowest BCUT2D eigenvalue weighted by Gasteiger charge is -2.18. The second-order valence-electron chi connectivity index (χ2n) is 6.61. The number of halogens is 2. The predicted molar refractivity (Wildman–Crippen MR) is 128 cm³/mol. The fourth-order valence-corrected chi connectivity index (χ4v) is 3.99. The van der Waals surface area contributed by atoms with Crippen LogP contribution in [0.4, 0.5) is 0 Å². The van der Waals surface area contributed by atoms with E-state index in [1.165, 1.54) is 0 Å². The number of hydrogen-bond acceptors (Lipinski definition) is 3. The van der Waals surface area contributed by atoms with E-state index in [1.54, 1.807) is 24.3 Å². The molecule has 0 spiro atoms. The Morgan fingerprint density at radius 2 is 1.60 bits per heavy atom. The summed E-state index contributed by atoms with van der Waals surface area (Å²) in [5.41, 5.74) is 2.58. The summed E-state index contributed by atoms with van der Waals surface area (Å²) in [4.78, 5) is 12.6. The van der Waals surface area contributed by atoms with Gasteiger partial charge in [0.25, 0.3) is 0 Å². The molecule has 2 atom stereocenters. The standard InChI is InChI=1S/C25H22Br2O3/c1-2-15-29-22-16-20(30-17-18-9-5-3-6-10-18)13-14-21(22)25(28)24(27)23(26)19-11-7-4-8-12-19/h2-14,16,23-24H,1,15,17H2. The maximum atomic E-state index is 13.2. The first-order valence-corrected chi connectivity index (χ1v) is 11.3. The Morgan fingerprint density at radius 3 is 2.27 bits per heavy atom. The molecule has 0 aliphatic heterocycles. The fourth-order valence-electron chi connectivity index (χ4n) is 2.89. The molecule has 3 aromatic rings. The Balaban J connectivity index is 1.79. The number of alkyl halides is 2. The van der Waals surface area contributed by atoms with Gasteiger partial charge in [-0.1, -0.05) is 105 Å².